The number of carbonyl (C=O) groups excluding carboxylic acids is 1. The predicted molar refractivity (Wildman–Crippen MR) is 66.1 cm³/mol. The molecule has 1 N–H and O–H groups in total. The highest BCUT2D eigenvalue weighted by Gasteiger charge is 2.13. The second-order valence-corrected chi connectivity index (χ2v) is 3.73. The number of likely N-dealkylation sites (N-methyl/N-ethyl adjacent to an activating group) is 2. The van der Waals surface area contributed by atoms with E-state index in [0.717, 1.165) is 0 Å². The Kier molecular flexibility index (Phi) is 4.68. The van der Waals surface area contributed by atoms with Crippen LogP contribution in [0, 0.1) is 0 Å². The number of amides is 1. The largest absolute Gasteiger partial charge is 0.364 e. The second-order valence-electron chi connectivity index (χ2n) is 3.73. The maximum absolute atomic E-state index is 11.9. The van der Waals surface area contributed by atoms with E-state index in [1.807, 2.05) is 13.8 Å². The summed E-state index contributed by atoms with van der Waals surface area (Å²) in [5, 5.41) is 5.99. The fraction of sp³-hybridized carbons (Fsp3) is 0.545. The first kappa shape index (κ1) is 13.2. The first-order valence-electron chi connectivity index (χ1n) is 5.62. The van der Waals surface area contributed by atoms with Gasteiger partial charge in [0.1, 0.15) is 0 Å². The quantitative estimate of drug-likeness (QED) is 0.788. The SMILES string of the molecule is CCN(CC)C(=O)CN(C)c1cn[nH]c(=O)c1. The van der Waals surface area contributed by atoms with Crippen molar-refractivity contribution in [1.82, 2.24) is 15.1 Å². The van der Waals surface area contributed by atoms with E-state index in [4.69, 9.17) is 0 Å². The van der Waals surface area contributed by atoms with Gasteiger partial charge in [0.2, 0.25) is 5.91 Å². The molecule has 17 heavy (non-hydrogen) atoms. The number of hydrogen-bond acceptors (Lipinski definition) is 4. The minimum atomic E-state index is -0.273. The van der Waals surface area contributed by atoms with Gasteiger partial charge in [-0.05, 0) is 13.8 Å². The van der Waals surface area contributed by atoms with E-state index in [-0.39, 0.29) is 18.0 Å². The summed E-state index contributed by atoms with van der Waals surface area (Å²) in [5.74, 6) is 0.0396. The summed E-state index contributed by atoms with van der Waals surface area (Å²) < 4.78 is 0. The minimum Gasteiger partial charge on any atom is -0.364 e. The molecule has 0 saturated carbocycles. The number of H-pyrrole nitrogens is 1. The first-order valence-corrected chi connectivity index (χ1v) is 5.62. The van der Waals surface area contributed by atoms with Gasteiger partial charge in [0.15, 0.2) is 0 Å². The summed E-state index contributed by atoms with van der Waals surface area (Å²) in [6, 6.07) is 1.42. The van der Waals surface area contributed by atoms with Crippen molar-refractivity contribution in [1.29, 1.82) is 0 Å². The van der Waals surface area contributed by atoms with Gasteiger partial charge in [-0.2, -0.15) is 5.10 Å². The maximum Gasteiger partial charge on any atom is 0.266 e. The predicted octanol–water partition coefficient (Wildman–Crippen LogP) is 0.0745. The highest BCUT2D eigenvalue weighted by molar-refractivity contribution is 5.81. The van der Waals surface area contributed by atoms with Gasteiger partial charge in [0.05, 0.1) is 18.4 Å². The Bertz CT molecular complexity index is 425. The van der Waals surface area contributed by atoms with Crippen LogP contribution in [0.5, 0.6) is 0 Å². The van der Waals surface area contributed by atoms with E-state index in [2.05, 4.69) is 10.2 Å². The number of aromatic amines is 1. The number of anilines is 1. The zero-order chi connectivity index (χ0) is 12.8. The highest BCUT2D eigenvalue weighted by atomic mass is 16.2. The molecule has 0 bridgehead atoms. The standard InChI is InChI=1S/C11H18N4O2/c1-4-15(5-2)11(17)8-14(3)9-6-10(16)13-12-7-9/h6-7H,4-5,8H2,1-3H3,(H,13,16). The molecule has 1 rings (SSSR count). The average Bonchev–Trinajstić information content (AvgIpc) is 2.30. The molecule has 0 unspecified atom stereocenters. The Balaban J connectivity index is 2.69. The molecule has 1 heterocycles. The molecule has 0 atom stereocenters. The van der Waals surface area contributed by atoms with Crippen LogP contribution in [-0.2, 0) is 4.79 Å². The zero-order valence-electron chi connectivity index (χ0n) is 10.4. The third kappa shape index (κ3) is 3.58. The Morgan fingerprint density at radius 2 is 2.06 bits per heavy atom. The van der Waals surface area contributed by atoms with E-state index < -0.39 is 0 Å². The molecule has 1 aromatic rings. The lowest BCUT2D eigenvalue weighted by molar-refractivity contribution is -0.129. The molecule has 0 spiro atoms. The van der Waals surface area contributed by atoms with E-state index in [9.17, 15) is 9.59 Å². The van der Waals surface area contributed by atoms with Crippen LogP contribution in [0.2, 0.25) is 0 Å². The maximum atomic E-state index is 11.9. The Labute approximate surface area is 100 Å². The average molecular weight is 238 g/mol. The molecule has 1 aromatic heterocycles. The molecule has 0 saturated heterocycles. The lowest BCUT2D eigenvalue weighted by atomic mass is 10.3. The lowest BCUT2D eigenvalue weighted by Gasteiger charge is -2.23. The summed E-state index contributed by atoms with van der Waals surface area (Å²) in [5.41, 5.74) is 0.360. The number of nitrogens with one attached hydrogen (secondary N) is 1. The zero-order valence-corrected chi connectivity index (χ0v) is 10.4. The van der Waals surface area contributed by atoms with Gasteiger partial charge >= 0.3 is 0 Å². The van der Waals surface area contributed by atoms with Gasteiger partial charge in [-0.15, -0.1) is 0 Å². The molecule has 0 aliphatic heterocycles. The van der Waals surface area contributed by atoms with Crippen LogP contribution in [0.25, 0.3) is 0 Å². The van der Waals surface area contributed by atoms with Crippen LogP contribution in [0.3, 0.4) is 0 Å². The third-order valence-corrected chi connectivity index (χ3v) is 2.58. The van der Waals surface area contributed by atoms with Crippen molar-refractivity contribution in [3.63, 3.8) is 0 Å². The van der Waals surface area contributed by atoms with E-state index in [1.165, 1.54) is 12.3 Å². The summed E-state index contributed by atoms with van der Waals surface area (Å²) in [7, 11) is 1.76. The minimum absolute atomic E-state index is 0.0396. The Morgan fingerprint density at radius 3 is 2.59 bits per heavy atom. The van der Waals surface area contributed by atoms with Crippen molar-refractivity contribution in [3.8, 4) is 0 Å². The van der Waals surface area contributed by atoms with Gasteiger partial charge in [0, 0.05) is 26.2 Å². The van der Waals surface area contributed by atoms with Crippen molar-refractivity contribution in [3.05, 3.63) is 22.6 Å². The van der Waals surface area contributed by atoms with Crippen molar-refractivity contribution < 1.29 is 4.79 Å². The molecule has 1 amide bonds. The summed E-state index contributed by atoms with van der Waals surface area (Å²) in [6.45, 7) is 5.51. The van der Waals surface area contributed by atoms with Crippen LogP contribution in [0.15, 0.2) is 17.1 Å². The number of nitrogens with zero attached hydrogens (tertiary/aromatic N) is 3. The third-order valence-electron chi connectivity index (χ3n) is 2.58. The van der Waals surface area contributed by atoms with Crippen LogP contribution in [0.1, 0.15) is 13.8 Å². The molecule has 6 heteroatoms. The van der Waals surface area contributed by atoms with Crippen LogP contribution in [0.4, 0.5) is 5.69 Å². The van der Waals surface area contributed by atoms with Gasteiger partial charge in [0.25, 0.3) is 5.56 Å². The van der Waals surface area contributed by atoms with Crippen molar-refractivity contribution in [2.24, 2.45) is 0 Å². The van der Waals surface area contributed by atoms with Crippen molar-refractivity contribution in [2.45, 2.75) is 13.8 Å². The van der Waals surface area contributed by atoms with Crippen LogP contribution >= 0.6 is 0 Å². The molecule has 0 aliphatic carbocycles. The van der Waals surface area contributed by atoms with Crippen LogP contribution in [-0.4, -0.2) is 47.7 Å². The molecule has 0 fully saturated rings. The first-order chi connectivity index (χ1) is 8.08. The number of rotatable bonds is 5. The topological polar surface area (TPSA) is 69.3 Å². The summed E-state index contributed by atoms with van der Waals surface area (Å²) in [4.78, 5) is 26.4. The molecule has 94 valence electrons. The smallest absolute Gasteiger partial charge is 0.266 e. The fourth-order valence-corrected chi connectivity index (χ4v) is 1.55. The van der Waals surface area contributed by atoms with E-state index in [1.54, 1.807) is 16.8 Å². The van der Waals surface area contributed by atoms with Gasteiger partial charge in [-0.1, -0.05) is 0 Å². The monoisotopic (exact) mass is 238 g/mol. The van der Waals surface area contributed by atoms with Gasteiger partial charge in [-0.3, -0.25) is 9.59 Å². The fourth-order valence-electron chi connectivity index (χ4n) is 1.55. The normalized spacial score (nSPS) is 10.1. The Morgan fingerprint density at radius 1 is 1.41 bits per heavy atom. The van der Waals surface area contributed by atoms with Crippen LogP contribution < -0.4 is 10.5 Å². The molecule has 0 radical (unpaired) electrons. The lowest BCUT2D eigenvalue weighted by Crippen LogP contribution is -2.39. The summed E-state index contributed by atoms with van der Waals surface area (Å²) >= 11 is 0. The number of aromatic nitrogens is 2. The Hall–Kier alpha value is -1.85. The molecular weight excluding hydrogens is 220 g/mol. The van der Waals surface area contributed by atoms with Gasteiger partial charge < -0.3 is 9.80 Å². The van der Waals surface area contributed by atoms with E-state index in [0.29, 0.717) is 18.8 Å². The molecule has 0 aliphatic rings. The summed E-state index contributed by atoms with van der Waals surface area (Å²) in [6.07, 6.45) is 1.52. The van der Waals surface area contributed by atoms with Crippen molar-refractivity contribution in [2.75, 3.05) is 31.6 Å². The number of carbonyl (C=O) groups is 1. The molecule has 0 aromatic carbocycles. The molecular formula is C11H18N4O2. The highest BCUT2D eigenvalue weighted by Crippen LogP contribution is 2.06. The molecule has 6 nitrogen and oxygen atoms in total. The second kappa shape index (κ2) is 6.03. The van der Waals surface area contributed by atoms with Gasteiger partial charge in [-0.25, -0.2) is 5.10 Å². The van der Waals surface area contributed by atoms with Crippen molar-refractivity contribution >= 4 is 11.6 Å². The van der Waals surface area contributed by atoms with E-state index >= 15 is 0 Å². The number of hydrogen-bond donors (Lipinski definition) is 1.